The summed E-state index contributed by atoms with van der Waals surface area (Å²) in [5, 5.41) is 3.37. The Bertz CT molecular complexity index is 487. The molecule has 2 unspecified atom stereocenters. The zero-order chi connectivity index (χ0) is 14.9. The fraction of sp³-hybridized carbons (Fsp3) is 0.625. The van der Waals surface area contributed by atoms with Gasteiger partial charge < -0.3 is 10.2 Å². The van der Waals surface area contributed by atoms with Gasteiger partial charge in [0.1, 0.15) is 0 Å². The van der Waals surface area contributed by atoms with Gasteiger partial charge in [-0.15, -0.1) is 0 Å². The van der Waals surface area contributed by atoms with Crippen molar-refractivity contribution in [3.63, 3.8) is 0 Å². The molecular weight excluding hydrogens is 277 g/mol. The van der Waals surface area contributed by atoms with Gasteiger partial charge in [-0.1, -0.05) is 24.3 Å². The highest BCUT2D eigenvalue weighted by Gasteiger charge is 2.42. The molecule has 1 fully saturated rings. The molecule has 3 rings (SSSR count). The number of likely N-dealkylation sites (tertiary alicyclic amines) is 1. The molecule has 0 spiro atoms. The number of hydrogen-bond donors (Lipinski definition) is 1. The Morgan fingerprint density at radius 3 is 2.86 bits per heavy atom. The van der Waals surface area contributed by atoms with Crippen LogP contribution in [0, 0.1) is 5.92 Å². The normalized spacial score (nSPS) is 27.4. The monoisotopic (exact) mass is 298 g/mol. The van der Waals surface area contributed by atoms with Crippen molar-refractivity contribution in [3.8, 4) is 0 Å². The number of alkyl halides is 3. The Kier molecular flexibility index (Phi) is 4.22. The predicted octanol–water partition coefficient (Wildman–Crippen LogP) is 3.15. The first-order valence-corrected chi connectivity index (χ1v) is 7.61. The first-order valence-electron chi connectivity index (χ1n) is 7.61. The second-order valence-corrected chi connectivity index (χ2v) is 6.17. The maximum atomic E-state index is 12.9. The number of piperidine rings is 1. The summed E-state index contributed by atoms with van der Waals surface area (Å²) in [5.74, 6) is -0.861. The van der Waals surface area contributed by atoms with Crippen molar-refractivity contribution in [1.82, 2.24) is 10.2 Å². The lowest BCUT2D eigenvalue weighted by molar-refractivity contribution is -0.186. The molecule has 2 atom stereocenters. The fourth-order valence-electron chi connectivity index (χ4n) is 3.55. The Morgan fingerprint density at radius 1 is 1.24 bits per heavy atom. The quantitative estimate of drug-likeness (QED) is 0.902. The summed E-state index contributed by atoms with van der Waals surface area (Å²) in [6.07, 6.45) is -3.13. The molecule has 2 heterocycles. The minimum atomic E-state index is -4.05. The van der Waals surface area contributed by atoms with E-state index in [9.17, 15) is 13.2 Å². The SMILES string of the molecule is FC(F)(F)C1CCCN(CC2CNCc3ccccc32)C1. The van der Waals surface area contributed by atoms with Gasteiger partial charge >= 0.3 is 6.18 Å². The van der Waals surface area contributed by atoms with Crippen LogP contribution >= 0.6 is 0 Å². The highest BCUT2D eigenvalue weighted by atomic mass is 19.4. The first kappa shape index (κ1) is 14.9. The molecule has 0 aliphatic carbocycles. The van der Waals surface area contributed by atoms with Crippen LogP contribution in [0.5, 0.6) is 0 Å². The summed E-state index contributed by atoms with van der Waals surface area (Å²) < 4.78 is 38.7. The number of nitrogens with one attached hydrogen (secondary N) is 1. The molecule has 2 nitrogen and oxygen atoms in total. The Balaban J connectivity index is 1.67. The van der Waals surface area contributed by atoms with E-state index in [1.807, 2.05) is 17.0 Å². The molecule has 1 aromatic rings. The third-order valence-electron chi connectivity index (χ3n) is 4.65. The van der Waals surface area contributed by atoms with Crippen molar-refractivity contribution < 1.29 is 13.2 Å². The van der Waals surface area contributed by atoms with Gasteiger partial charge in [-0.3, -0.25) is 0 Å². The van der Waals surface area contributed by atoms with E-state index in [4.69, 9.17) is 0 Å². The largest absolute Gasteiger partial charge is 0.393 e. The molecule has 2 aliphatic heterocycles. The second kappa shape index (κ2) is 5.97. The molecule has 0 saturated carbocycles. The first-order chi connectivity index (χ1) is 10.0. The van der Waals surface area contributed by atoms with E-state index in [-0.39, 0.29) is 13.0 Å². The van der Waals surface area contributed by atoms with Crippen molar-refractivity contribution >= 4 is 0 Å². The molecule has 0 amide bonds. The maximum absolute atomic E-state index is 12.9. The van der Waals surface area contributed by atoms with Gasteiger partial charge in [-0.05, 0) is 30.5 Å². The van der Waals surface area contributed by atoms with Gasteiger partial charge in [0, 0.05) is 32.1 Å². The molecular formula is C16H21F3N2. The van der Waals surface area contributed by atoms with Gasteiger partial charge in [-0.2, -0.15) is 13.2 Å². The molecule has 2 aliphatic rings. The molecule has 1 saturated heterocycles. The van der Waals surface area contributed by atoms with Gasteiger partial charge in [-0.25, -0.2) is 0 Å². The molecule has 1 aromatic carbocycles. The summed E-state index contributed by atoms with van der Waals surface area (Å²) in [6, 6.07) is 8.25. The van der Waals surface area contributed by atoms with E-state index in [2.05, 4.69) is 17.4 Å². The topological polar surface area (TPSA) is 15.3 Å². The van der Waals surface area contributed by atoms with E-state index in [1.165, 1.54) is 11.1 Å². The lowest BCUT2D eigenvalue weighted by atomic mass is 9.89. The lowest BCUT2D eigenvalue weighted by Gasteiger charge is -2.37. The smallest absolute Gasteiger partial charge is 0.312 e. The maximum Gasteiger partial charge on any atom is 0.393 e. The standard InChI is InChI=1S/C16H21F3N2/c17-16(18,19)14-5-3-7-21(11-14)10-13-9-20-8-12-4-1-2-6-15(12)13/h1-2,4,6,13-14,20H,3,5,7-11H2. The van der Waals surface area contributed by atoms with E-state index in [1.54, 1.807) is 0 Å². The number of nitrogens with zero attached hydrogens (tertiary/aromatic N) is 1. The average Bonchev–Trinajstić information content (AvgIpc) is 2.47. The van der Waals surface area contributed by atoms with E-state index >= 15 is 0 Å². The minimum absolute atomic E-state index is 0.155. The molecule has 21 heavy (non-hydrogen) atoms. The van der Waals surface area contributed by atoms with Crippen molar-refractivity contribution in [3.05, 3.63) is 35.4 Å². The van der Waals surface area contributed by atoms with Crippen LogP contribution in [0.3, 0.4) is 0 Å². The van der Waals surface area contributed by atoms with Crippen LogP contribution in [0.1, 0.15) is 29.9 Å². The lowest BCUT2D eigenvalue weighted by Crippen LogP contribution is -2.45. The second-order valence-electron chi connectivity index (χ2n) is 6.17. The highest BCUT2D eigenvalue weighted by molar-refractivity contribution is 5.32. The number of benzene rings is 1. The van der Waals surface area contributed by atoms with Crippen LogP contribution in [0.25, 0.3) is 0 Å². The van der Waals surface area contributed by atoms with Crippen LogP contribution < -0.4 is 5.32 Å². The zero-order valence-corrected chi connectivity index (χ0v) is 12.0. The number of fused-ring (bicyclic) bond motifs is 1. The van der Waals surface area contributed by atoms with Gasteiger partial charge in [0.2, 0.25) is 0 Å². The molecule has 0 radical (unpaired) electrons. The van der Waals surface area contributed by atoms with E-state index in [0.717, 1.165) is 26.2 Å². The van der Waals surface area contributed by atoms with Gasteiger partial charge in [0.25, 0.3) is 0 Å². The van der Waals surface area contributed by atoms with Crippen molar-refractivity contribution in [2.45, 2.75) is 31.5 Å². The van der Waals surface area contributed by atoms with Crippen LogP contribution in [0.2, 0.25) is 0 Å². The zero-order valence-electron chi connectivity index (χ0n) is 12.0. The predicted molar refractivity (Wildman–Crippen MR) is 76.1 cm³/mol. The molecule has 0 bridgehead atoms. The summed E-state index contributed by atoms with van der Waals surface area (Å²) in [6.45, 7) is 3.37. The van der Waals surface area contributed by atoms with Crippen LogP contribution in [-0.4, -0.2) is 37.3 Å². The highest BCUT2D eigenvalue weighted by Crippen LogP contribution is 2.34. The van der Waals surface area contributed by atoms with Gasteiger partial charge in [0.05, 0.1) is 5.92 Å². The number of halogens is 3. The van der Waals surface area contributed by atoms with E-state index in [0.29, 0.717) is 12.3 Å². The fourth-order valence-corrected chi connectivity index (χ4v) is 3.55. The van der Waals surface area contributed by atoms with Crippen LogP contribution in [0.4, 0.5) is 13.2 Å². The summed E-state index contributed by atoms with van der Waals surface area (Å²) in [7, 11) is 0. The number of rotatable bonds is 2. The number of hydrogen-bond acceptors (Lipinski definition) is 2. The molecule has 1 N–H and O–H groups in total. The Labute approximate surface area is 123 Å². The summed E-state index contributed by atoms with van der Waals surface area (Å²) >= 11 is 0. The summed E-state index contributed by atoms with van der Waals surface area (Å²) in [5.41, 5.74) is 2.57. The van der Waals surface area contributed by atoms with Crippen molar-refractivity contribution in [1.29, 1.82) is 0 Å². The molecule has 5 heteroatoms. The minimum Gasteiger partial charge on any atom is -0.312 e. The van der Waals surface area contributed by atoms with E-state index < -0.39 is 12.1 Å². The molecule has 116 valence electrons. The van der Waals surface area contributed by atoms with Gasteiger partial charge in [0.15, 0.2) is 0 Å². The third-order valence-corrected chi connectivity index (χ3v) is 4.65. The Morgan fingerprint density at radius 2 is 2.05 bits per heavy atom. The average molecular weight is 298 g/mol. The van der Waals surface area contributed by atoms with Crippen molar-refractivity contribution in [2.24, 2.45) is 5.92 Å². The Hall–Kier alpha value is -1.07. The van der Waals surface area contributed by atoms with Crippen molar-refractivity contribution in [2.75, 3.05) is 26.2 Å². The summed E-state index contributed by atoms with van der Waals surface area (Å²) in [4.78, 5) is 2.00. The molecule has 0 aromatic heterocycles. The van der Waals surface area contributed by atoms with Crippen LogP contribution in [0.15, 0.2) is 24.3 Å². The third kappa shape index (κ3) is 3.40. The van der Waals surface area contributed by atoms with Crippen LogP contribution in [-0.2, 0) is 6.54 Å².